The lowest BCUT2D eigenvalue weighted by atomic mass is 10.2. The van der Waals surface area contributed by atoms with Crippen LogP contribution in [-0.2, 0) is 0 Å². The summed E-state index contributed by atoms with van der Waals surface area (Å²) in [5.74, 6) is -0.928. The van der Waals surface area contributed by atoms with E-state index in [1.807, 2.05) is 24.3 Å². The van der Waals surface area contributed by atoms with E-state index in [1.54, 1.807) is 0 Å². The van der Waals surface area contributed by atoms with Crippen molar-refractivity contribution in [2.75, 3.05) is 5.32 Å². The van der Waals surface area contributed by atoms with Crippen molar-refractivity contribution in [2.24, 2.45) is 0 Å². The van der Waals surface area contributed by atoms with Crippen molar-refractivity contribution in [2.45, 2.75) is 6.92 Å². The maximum absolute atomic E-state index is 13.7. The number of aryl methyl sites for hydroxylation is 1. The van der Waals surface area contributed by atoms with Gasteiger partial charge in [0, 0.05) is 6.07 Å². The number of para-hydroxylation sites is 1. The molecule has 2 nitrogen and oxygen atoms in total. The van der Waals surface area contributed by atoms with Gasteiger partial charge in [0.1, 0.15) is 11.6 Å². The minimum atomic E-state index is -0.488. The van der Waals surface area contributed by atoms with Crippen molar-refractivity contribution < 1.29 is 8.78 Å². The first-order chi connectivity index (χ1) is 9.13. The summed E-state index contributed by atoms with van der Waals surface area (Å²) in [5.41, 5.74) is 1.22. The highest BCUT2D eigenvalue weighted by Crippen LogP contribution is 2.29. The van der Waals surface area contributed by atoms with Crippen LogP contribution in [0.2, 0.25) is 0 Å². The number of thiazole rings is 1. The monoisotopic (exact) mass is 276 g/mol. The maximum atomic E-state index is 13.7. The molecule has 19 heavy (non-hydrogen) atoms. The Morgan fingerprint density at radius 1 is 1.11 bits per heavy atom. The standard InChI is InChI=1S/C14H10F2N2S/c1-8-6-10(16)12(7-9(8)15)18-14-17-11-4-2-3-5-13(11)19-14/h2-7H,1H3,(H,17,18). The summed E-state index contributed by atoms with van der Waals surface area (Å²) < 4.78 is 28.2. The Balaban J connectivity index is 1.98. The van der Waals surface area contributed by atoms with Gasteiger partial charge in [-0.3, -0.25) is 0 Å². The van der Waals surface area contributed by atoms with E-state index in [4.69, 9.17) is 0 Å². The first-order valence-corrected chi connectivity index (χ1v) is 6.53. The molecule has 3 rings (SSSR count). The lowest BCUT2D eigenvalue weighted by Crippen LogP contribution is -1.96. The zero-order chi connectivity index (χ0) is 13.4. The van der Waals surface area contributed by atoms with Crippen LogP contribution in [0.4, 0.5) is 19.6 Å². The Bertz CT molecular complexity index is 719. The predicted molar refractivity (Wildman–Crippen MR) is 74.0 cm³/mol. The van der Waals surface area contributed by atoms with Crippen molar-refractivity contribution in [3.8, 4) is 0 Å². The van der Waals surface area contributed by atoms with Crippen LogP contribution in [0.25, 0.3) is 10.2 Å². The minimum absolute atomic E-state index is 0.0992. The highest BCUT2D eigenvalue weighted by Gasteiger charge is 2.10. The van der Waals surface area contributed by atoms with Gasteiger partial charge >= 0.3 is 0 Å². The molecule has 0 atom stereocenters. The van der Waals surface area contributed by atoms with E-state index in [0.29, 0.717) is 5.13 Å². The van der Waals surface area contributed by atoms with Crippen LogP contribution in [0.5, 0.6) is 0 Å². The van der Waals surface area contributed by atoms with Gasteiger partial charge in [0.25, 0.3) is 0 Å². The number of anilines is 2. The highest BCUT2D eigenvalue weighted by atomic mass is 32.1. The van der Waals surface area contributed by atoms with Gasteiger partial charge in [-0.1, -0.05) is 23.5 Å². The van der Waals surface area contributed by atoms with Crippen LogP contribution in [0, 0.1) is 18.6 Å². The minimum Gasteiger partial charge on any atom is -0.329 e. The van der Waals surface area contributed by atoms with Crippen LogP contribution < -0.4 is 5.32 Å². The number of aromatic nitrogens is 1. The second kappa shape index (κ2) is 4.59. The first kappa shape index (κ1) is 12.0. The number of halogens is 2. The second-order valence-electron chi connectivity index (χ2n) is 4.19. The van der Waals surface area contributed by atoms with Gasteiger partial charge in [-0.15, -0.1) is 0 Å². The number of fused-ring (bicyclic) bond motifs is 1. The molecule has 0 radical (unpaired) electrons. The van der Waals surface area contributed by atoms with E-state index in [-0.39, 0.29) is 11.3 Å². The average Bonchev–Trinajstić information content (AvgIpc) is 2.78. The van der Waals surface area contributed by atoms with E-state index in [1.165, 1.54) is 24.3 Å². The maximum Gasteiger partial charge on any atom is 0.188 e. The Hall–Kier alpha value is -2.01. The molecule has 0 aliphatic heterocycles. The fourth-order valence-electron chi connectivity index (χ4n) is 1.78. The van der Waals surface area contributed by atoms with Gasteiger partial charge in [-0.25, -0.2) is 13.8 Å². The van der Waals surface area contributed by atoms with Crippen LogP contribution in [-0.4, -0.2) is 4.98 Å². The molecule has 0 bridgehead atoms. The van der Waals surface area contributed by atoms with E-state index in [9.17, 15) is 8.78 Å². The van der Waals surface area contributed by atoms with E-state index in [0.717, 1.165) is 16.3 Å². The molecule has 0 aliphatic rings. The van der Waals surface area contributed by atoms with E-state index in [2.05, 4.69) is 10.3 Å². The number of hydrogen-bond acceptors (Lipinski definition) is 3. The molecule has 3 aromatic rings. The highest BCUT2D eigenvalue weighted by molar-refractivity contribution is 7.22. The van der Waals surface area contributed by atoms with E-state index >= 15 is 0 Å². The number of benzene rings is 2. The lowest BCUT2D eigenvalue weighted by Gasteiger charge is -2.05. The smallest absolute Gasteiger partial charge is 0.188 e. The molecule has 1 aromatic heterocycles. The third-order valence-electron chi connectivity index (χ3n) is 2.78. The third kappa shape index (κ3) is 2.29. The number of nitrogens with zero attached hydrogens (tertiary/aromatic N) is 1. The molecular weight excluding hydrogens is 266 g/mol. The number of hydrogen-bond donors (Lipinski definition) is 1. The normalized spacial score (nSPS) is 10.9. The predicted octanol–water partition coefficient (Wildman–Crippen LogP) is 4.63. The van der Waals surface area contributed by atoms with Crippen molar-refractivity contribution >= 4 is 32.4 Å². The third-order valence-corrected chi connectivity index (χ3v) is 3.74. The topological polar surface area (TPSA) is 24.9 Å². The van der Waals surface area contributed by atoms with Crippen molar-refractivity contribution in [1.29, 1.82) is 0 Å². The molecule has 1 heterocycles. The van der Waals surface area contributed by atoms with Crippen LogP contribution >= 0.6 is 11.3 Å². The lowest BCUT2D eigenvalue weighted by molar-refractivity contribution is 0.595. The van der Waals surface area contributed by atoms with Gasteiger partial charge < -0.3 is 5.32 Å². The summed E-state index contributed by atoms with van der Waals surface area (Å²) in [4.78, 5) is 4.32. The van der Waals surface area contributed by atoms with Crippen LogP contribution in [0.3, 0.4) is 0 Å². The van der Waals surface area contributed by atoms with Crippen molar-refractivity contribution in [1.82, 2.24) is 4.98 Å². The van der Waals surface area contributed by atoms with Gasteiger partial charge in [0.05, 0.1) is 15.9 Å². The molecule has 0 aliphatic carbocycles. The summed E-state index contributed by atoms with van der Waals surface area (Å²) in [6.07, 6.45) is 0. The Labute approximate surface area is 112 Å². The molecule has 0 unspecified atom stereocenters. The molecular formula is C14H10F2N2S. The first-order valence-electron chi connectivity index (χ1n) is 5.72. The Morgan fingerprint density at radius 2 is 1.89 bits per heavy atom. The fraction of sp³-hybridized carbons (Fsp3) is 0.0714. The van der Waals surface area contributed by atoms with Crippen LogP contribution in [0.15, 0.2) is 36.4 Å². The van der Waals surface area contributed by atoms with Gasteiger partial charge in [-0.05, 0) is 30.7 Å². The largest absolute Gasteiger partial charge is 0.329 e. The summed E-state index contributed by atoms with van der Waals surface area (Å²) in [7, 11) is 0. The average molecular weight is 276 g/mol. The molecule has 0 fully saturated rings. The molecule has 0 amide bonds. The van der Waals surface area contributed by atoms with Gasteiger partial charge in [0.15, 0.2) is 5.13 Å². The SMILES string of the molecule is Cc1cc(F)c(Nc2nc3ccccc3s2)cc1F. The summed E-state index contributed by atoms with van der Waals surface area (Å²) >= 11 is 1.40. The van der Waals surface area contributed by atoms with E-state index < -0.39 is 11.6 Å². The fourth-order valence-corrected chi connectivity index (χ4v) is 2.66. The van der Waals surface area contributed by atoms with Crippen molar-refractivity contribution in [3.05, 3.63) is 53.6 Å². The second-order valence-corrected chi connectivity index (χ2v) is 5.22. The zero-order valence-electron chi connectivity index (χ0n) is 10.1. The molecule has 96 valence electrons. The molecule has 0 saturated carbocycles. The molecule has 2 aromatic carbocycles. The number of rotatable bonds is 2. The Kier molecular flexibility index (Phi) is 2.91. The molecule has 5 heteroatoms. The van der Waals surface area contributed by atoms with Gasteiger partial charge in [0.2, 0.25) is 0 Å². The molecule has 1 N–H and O–H groups in total. The quantitative estimate of drug-likeness (QED) is 0.738. The zero-order valence-corrected chi connectivity index (χ0v) is 10.9. The Morgan fingerprint density at radius 3 is 2.68 bits per heavy atom. The van der Waals surface area contributed by atoms with Crippen LogP contribution in [0.1, 0.15) is 5.56 Å². The van der Waals surface area contributed by atoms with Gasteiger partial charge in [-0.2, -0.15) is 0 Å². The molecule has 0 spiro atoms. The number of nitrogens with one attached hydrogen (secondary N) is 1. The molecule has 0 saturated heterocycles. The summed E-state index contributed by atoms with van der Waals surface area (Å²) in [6, 6.07) is 9.93. The summed E-state index contributed by atoms with van der Waals surface area (Å²) in [6.45, 7) is 1.53. The summed E-state index contributed by atoms with van der Waals surface area (Å²) in [5, 5.41) is 3.37. The van der Waals surface area contributed by atoms with Crippen molar-refractivity contribution in [3.63, 3.8) is 0 Å².